The molecule has 0 saturated heterocycles. The van der Waals surface area contributed by atoms with Gasteiger partial charge in [0.15, 0.2) is 0 Å². The van der Waals surface area contributed by atoms with Crippen molar-refractivity contribution in [2.45, 2.75) is 13.5 Å². The number of hydrogen-bond acceptors (Lipinski definition) is 3. The van der Waals surface area contributed by atoms with Crippen LogP contribution in [0.5, 0.6) is 5.75 Å². The Bertz CT molecular complexity index is 927. The van der Waals surface area contributed by atoms with Crippen molar-refractivity contribution >= 4 is 18.6 Å². The summed E-state index contributed by atoms with van der Waals surface area (Å²) in [5.74, 6) is 1.34. The van der Waals surface area contributed by atoms with Gasteiger partial charge in [-0.1, -0.05) is 42.5 Å². The second kappa shape index (κ2) is 5.81. The van der Waals surface area contributed by atoms with Gasteiger partial charge in [-0.05, 0) is 37.3 Å². The maximum atomic E-state index is 13.9. The van der Waals surface area contributed by atoms with Crippen molar-refractivity contribution in [2.24, 2.45) is 0 Å². The first-order valence-corrected chi connectivity index (χ1v) is 9.39. The summed E-state index contributed by atoms with van der Waals surface area (Å²) < 4.78 is 21.7. The molecule has 2 aromatic carbocycles. The SMILES string of the molecule is Cc1cccc(N2Cc3ccccc3O[P@@]2(=O)c2ccccc2)n1. The number of nitrogens with zero attached hydrogens (tertiary/aromatic N) is 2. The van der Waals surface area contributed by atoms with Gasteiger partial charge in [-0.3, -0.25) is 4.67 Å². The van der Waals surface area contributed by atoms with E-state index in [4.69, 9.17) is 4.52 Å². The van der Waals surface area contributed by atoms with E-state index in [-0.39, 0.29) is 0 Å². The van der Waals surface area contributed by atoms with Crippen LogP contribution in [0.15, 0.2) is 72.8 Å². The fourth-order valence-corrected chi connectivity index (χ4v) is 5.05. The van der Waals surface area contributed by atoms with Crippen LogP contribution >= 0.6 is 7.52 Å². The number of aromatic nitrogens is 1. The third-order valence-corrected chi connectivity index (χ3v) is 6.43. The summed E-state index contributed by atoms with van der Waals surface area (Å²) in [5.41, 5.74) is 1.88. The number of hydrogen-bond donors (Lipinski definition) is 0. The molecule has 1 aromatic heterocycles. The molecule has 4 rings (SSSR count). The van der Waals surface area contributed by atoms with Gasteiger partial charge in [0.2, 0.25) is 0 Å². The predicted molar refractivity (Wildman–Crippen MR) is 95.9 cm³/mol. The van der Waals surface area contributed by atoms with Crippen LogP contribution in [0, 0.1) is 6.92 Å². The molecule has 0 amide bonds. The lowest BCUT2D eigenvalue weighted by Gasteiger charge is -2.37. The van der Waals surface area contributed by atoms with Crippen molar-refractivity contribution in [1.82, 2.24) is 4.98 Å². The molecule has 4 nitrogen and oxygen atoms in total. The standard InChI is InChI=1S/C19H17N2O2P/c1-15-8-7-13-19(20-15)21-14-16-9-5-6-12-18(16)23-24(21,22)17-10-3-2-4-11-17/h2-13H,14H2,1H3/t24-/m0/s1. The summed E-state index contributed by atoms with van der Waals surface area (Å²) in [6.45, 7) is 2.43. The Labute approximate surface area is 141 Å². The largest absolute Gasteiger partial charge is 0.425 e. The lowest BCUT2D eigenvalue weighted by atomic mass is 10.2. The summed E-state index contributed by atoms with van der Waals surface area (Å²) in [6.07, 6.45) is 0. The number of pyridine rings is 1. The van der Waals surface area contributed by atoms with Crippen molar-refractivity contribution in [3.05, 3.63) is 84.1 Å². The Morgan fingerprint density at radius 3 is 2.50 bits per heavy atom. The van der Waals surface area contributed by atoms with Crippen LogP contribution in [0.1, 0.15) is 11.3 Å². The minimum atomic E-state index is -3.28. The topological polar surface area (TPSA) is 42.4 Å². The van der Waals surface area contributed by atoms with Gasteiger partial charge in [0.25, 0.3) is 0 Å². The molecule has 1 aliphatic heterocycles. The van der Waals surface area contributed by atoms with E-state index in [0.29, 0.717) is 23.4 Å². The highest BCUT2D eigenvalue weighted by Crippen LogP contribution is 2.56. The van der Waals surface area contributed by atoms with Gasteiger partial charge >= 0.3 is 7.52 Å². The maximum Gasteiger partial charge on any atom is 0.375 e. The zero-order valence-electron chi connectivity index (χ0n) is 13.3. The van der Waals surface area contributed by atoms with Crippen LogP contribution in [0.25, 0.3) is 0 Å². The van der Waals surface area contributed by atoms with E-state index < -0.39 is 7.52 Å². The Morgan fingerprint density at radius 1 is 0.958 bits per heavy atom. The molecule has 0 radical (unpaired) electrons. The molecule has 3 aromatic rings. The Balaban J connectivity index is 1.89. The van der Waals surface area contributed by atoms with Crippen molar-refractivity contribution in [3.63, 3.8) is 0 Å². The maximum absolute atomic E-state index is 13.9. The monoisotopic (exact) mass is 336 g/mol. The van der Waals surface area contributed by atoms with Crippen molar-refractivity contribution in [2.75, 3.05) is 4.67 Å². The molecule has 0 fully saturated rings. The minimum absolute atomic E-state index is 0.499. The molecule has 24 heavy (non-hydrogen) atoms. The minimum Gasteiger partial charge on any atom is -0.425 e. The molecule has 0 N–H and O–H groups in total. The summed E-state index contributed by atoms with van der Waals surface area (Å²) in [6, 6.07) is 22.8. The molecule has 0 saturated carbocycles. The smallest absolute Gasteiger partial charge is 0.375 e. The van der Waals surface area contributed by atoms with Crippen LogP contribution in [0.3, 0.4) is 0 Å². The van der Waals surface area contributed by atoms with Gasteiger partial charge in [-0.2, -0.15) is 0 Å². The second-order valence-corrected chi connectivity index (χ2v) is 7.97. The van der Waals surface area contributed by atoms with E-state index >= 15 is 0 Å². The lowest BCUT2D eigenvalue weighted by molar-refractivity contribution is 0.472. The Kier molecular flexibility index (Phi) is 3.62. The summed E-state index contributed by atoms with van der Waals surface area (Å²) in [7, 11) is -3.28. The van der Waals surface area contributed by atoms with E-state index in [1.807, 2.05) is 79.7 Å². The number of rotatable bonds is 2. The third-order valence-electron chi connectivity index (χ3n) is 4.05. The Hall–Kier alpha value is -2.58. The fraction of sp³-hybridized carbons (Fsp3) is 0.105. The molecule has 1 aliphatic rings. The fourth-order valence-electron chi connectivity index (χ4n) is 2.86. The highest BCUT2D eigenvalue weighted by atomic mass is 31.2. The predicted octanol–water partition coefficient (Wildman–Crippen LogP) is 4.31. The average Bonchev–Trinajstić information content (AvgIpc) is 2.62. The van der Waals surface area contributed by atoms with Crippen molar-refractivity contribution in [1.29, 1.82) is 0 Å². The number of fused-ring (bicyclic) bond motifs is 1. The molecule has 0 aliphatic carbocycles. The van der Waals surface area contributed by atoms with Crippen LogP contribution in [-0.2, 0) is 11.1 Å². The average molecular weight is 336 g/mol. The number of aryl methyl sites for hydroxylation is 1. The van der Waals surface area contributed by atoms with Crippen LogP contribution < -0.4 is 14.5 Å². The molecular formula is C19H17N2O2P. The number of anilines is 1. The molecule has 2 heterocycles. The van der Waals surface area contributed by atoms with Gasteiger partial charge in [-0.15, -0.1) is 0 Å². The number of benzene rings is 2. The first kappa shape index (κ1) is 15.0. The normalized spacial score (nSPS) is 19.5. The van der Waals surface area contributed by atoms with Gasteiger partial charge in [0.05, 0.1) is 11.8 Å². The first-order chi connectivity index (χ1) is 11.7. The van der Waals surface area contributed by atoms with Crippen molar-refractivity contribution < 1.29 is 9.09 Å². The molecule has 5 heteroatoms. The van der Waals surface area contributed by atoms with E-state index in [2.05, 4.69) is 4.98 Å². The zero-order chi connectivity index (χ0) is 16.6. The van der Waals surface area contributed by atoms with E-state index in [0.717, 1.165) is 11.3 Å². The highest BCUT2D eigenvalue weighted by molar-refractivity contribution is 7.68. The van der Waals surface area contributed by atoms with Crippen LogP contribution in [0.4, 0.5) is 5.82 Å². The van der Waals surface area contributed by atoms with Crippen LogP contribution in [0.2, 0.25) is 0 Å². The summed E-state index contributed by atoms with van der Waals surface area (Å²) >= 11 is 0. The van der Waals surface area contributed by atoms with Crippen LogP contribution in [-0.4, -0.2) is 4.98 Å². The van der Waals surface area contributed by atoms with Gasteiger partial charge < -0.3 is 4.52 Å². The first-order valence-electron chi connectivity index (χ1n) is 7.82. The molecule has 1 atom stereocenters. The summed E-state index contributed by atoms with van der Waals surface area (Å²) in [4.78, 5) is 4.56. The highest BCUT2D eigenvalue weighted by Gasteiger charge is 2.40. The van der Waals surface area contributed by atoms with Gasteiger partial charge in [0.1, 0.15) is 11.6 Å². The molecule has 0 spiro atoms. The molecule has 0 bridgehead atoms. The third kappa shape index (κ3) is 2.49. The molecule has 120 valence electrons. The van der Waals surface area contributed by atoms with E-state index in [1.54, 1.807) is 4.67 Å². The molecular weight excluding hydrogens is 319 g/mol. The lowest BCUT2D eigenvalue weighted by Crippen LogP contribution is -2.32. The second-order valence-electron chi connectivity index (χ2n) is 5.75. The van der Waals surface area contributed by atoms with Gasteiger partial charge in [0, 0.05) is 11.3 Å². The summed E-state index contributed by atoms with van der Waals surface area (Å²) in [5, 5.41) is 0.669. The van der Waals surface area contributed by atoms with E-state index in [9.17, 15) is 4.57 Å². The van der Waals surface area contributed by atoms with E-state index in [1.165, 1.54) is 0 Å². The Morgan fingerprint density at radius 2 is 1.71 bits per heavy atom. The molecule has 0 unspecified atom stereocenters. The van der Waals surface area contributed by atoms with Crippen molar-refractivity contribution in [3.8, 4) is 5.75 Å². The zero-order valence-corrected chi connectivity index (χ0v) is 14.2. The quantitative estimate of drug-likeness (QED) is 0.654. The number of para-hydroxylation sites is 1. The van der Waals surface area contributed by atoms with Gasteiger partial charge in [-0.25, -0.2) is 9.55 Å².